The zero-order chi connectivity index (χ0) is 14.6. The van der Waals surface area contributed by atoms with E-state index in [1.54, 1.807) is 0 Å². The third-order valence-corrected chi connectivity index (χ3v) is 5.61. The second kappa shape index (κ2) is 6.79. The molecule has 0 saturated heterocycles. The predicted molar refractivity (Wildman–Crippen MR) is 85.9 cm³/mol. The van der Waals surface area contributed by atoms with Crippen LogP contribution in [-0.4, -0.2) is 23.3 Å². The number of hydrogen-bond acceptors (Lipinski definition) is 2. The van der Waals surface area contributed by atoms with E-state index in [0.717, 1.165) is 25.3 Å². The standard InChI is InChI=1S/C18H35NO/c1-17(2,3)15-10-6-7-11-16(15)19-14-18(20)12-8-4-5-9-13-18/h15-16,19-20H,4-14H2,1-3H3. The van der Waals surface area contributed by atoms with Crippen molar-refractivity contribution in [2.24, 2.45) is 11.3 Å². The molecule has 2 atom stereocenters. The second-order valence-electron chi connectivity index (χ2n) is 8.38. The maximum atomic E-state index is 10.8. The summed E-state index contributed by atoms with van der Waals surface area (Å²) in [5.41, 5.74) is -0.0550. The fourth-order valence-corrected chi connectivity index (χ4v) is 4.30. The molecule has 0 aromatic heterocycles. The van der Waals surface area contributed by atoms with E-state index in [1.807, 2.05) is 0 Å². The predicted octanol–water partition coefficient (Wildman–Crippen LogP) is 4.27. The molecule has 0 aliphatic heterocycles. The van der Waals surface area contributed by atoms with Gasteiger partial charge in [-0.1, -0.05) is 59.3 Å². The summed E-state index contributed by atoms with van der Waals surface area (Å²) in [5.74, 6) is 0.755. The molecule has 20 heavy (non-hydrogen) atoms. The van der Waals surface area contributed by atoms with E-state index in [4.69, 9.17) is 0 Å². The number of nitrogens with one attached hydrogen (secondary N) is 1. The highest BCUT2D eigenvalue weighted by molar-refractivity contribution is 4.91. The summed E-state index contributed by atoms with van der Waals surface area (Å²) in [4.78, 5) is 0. The molecule has 0 heterocycles. The van der Waals surface area contributed by atoms with Crippen LogP contribution in [0.3, 0.4) is 0 Å². The molecule has 0 radical (unpaired) electrons. The molecule has 2 nitrogen and oxygen atoms in total. The molecule has 2 N–H and O–H groups in total. The summed E-state index contributed by atoms with van der Waals surface area (Å²) in [5, 5.41) is 14.6. The average molecular weight is 281 g/mol. The maximum Gasteiger partial charge on any atom is 0.0771 e. The van der Waals surface area contributed by atoms with Gasteiger partial charge in [-0.3, -0.25) is 0 Å². The largest absolute Gasteiger partial charge is 0.389 e. The van der Waals surface area contributed by atoms with Crippen LogP contribution >= 0.6 is 0 Å². The van der Waals surface area contributed by atoms with Crippen molar-refractivity contribution >= 4 is 0 Å². The van der Waals surface area contributed by atoms with Gasteiger partial charge >= 0.3 is 0 Å². The van der Waals surface area contributed by atoms with Crippen molar-refractivity contribution in [3.8, 4) is 0 Å². The number of hydrogen-bond donors (Lipinski definition) is 2. The van der Waals surface area contributed by atoms with Gasteiger partial charge in [0.2, 0.25) is 0 Å². The molecule has 118 valence electrons. The van der Waals surface area contributed by atoms with Crippen LogP contribution in [0, 0.1) is 11.3 Å². The van der Waals surface area contributed by atoms with Crippen molar-refractivity contribution in [3.05, 3.63) is 0 Å². The van der Waals surface area contributed by atoms with Gasteiger partial charge in [0.25, 0.3) is 0 Å². The Labute approximate surface area is 125 Å². The van der Waals surface area contributed by atoms with Gasteiger partial charge in [0.15, 0.2) is 0 Å². The first kappa shape index (κ1) is 16.3. The SMILES string of the molecule is CC(C)(C)C1CCCCC1NCC1(O)CCCCCC1. The zero-order valence-electron chi connectivity index (χ0n) is 13.9. The van der Waals surface area contributed by atoms with E-state index >= 15 is 0 Å². The highest BCUT2D eigenvalue weighted by atomic mass is 16.3. The first-order valence-electron chi connectivity index (χ1n) is 8.87. The quantitative estimate of drug-likeness (QED) is 0.757. The summed E-state index contributed by atoms with van der Waals surface area (Å²) in [6.07, 6.45) is 12.4. The van der Waals surface area contributed by atoms with Gasteiger partial charge in [0, 0.05) is 12.6 Å². The third-order valence-electron chi connectivity index (χ3n) is 5.61. The van der Waals surface area contributed by atoms with Gasteiger partial charge in [0.1, 0.15) is 0 Å². The Morgan fingerprint density at radius 2 is 1.55 bits per heavy atom. The van der Waals surface area contributed by atoms with Crippen LogP contribution in [0.1, 0.15) is 85.0 Å². The molecule has 2 unspecified atom stereocenters. The molecule has 0 spiro atoms. The fraction of sp³-hybridized carbons (Fsp3) is 1.00. The Bertz CT molecular complexity index is 286. The summed E-state index contributed by atoms with van der Waals surface area (Å²) in [6, 6.07) is 0.607. The van der Waals surface area contributed by atoms with Crippen molar-refractivity contribution in [2.75, 3.05) is 6.54 Å². The lowest BCUT2D eigenvalue weighted by Crippen LogP contribution is -2.50. The Balaban J connectivity index is 1.90. The van der Waals surface area contributed by atoms with Crippen molar-refractivity contribution in [1.82, 2.24) is 5.32 Å². The first-order valence-corrected chi connectivity index (χ1v) is 8.87. The summed E-state index contributed by atoms with van der Waals surface area (Å²) in [6.45, 7) is 7.93. The fourth-order valence-electron chi connectivity index (χ4n) is 4.30. The Kier molecular flexibility index (Phi) is 5.53. The molecule has 2 rings (SSSR count). The van der Waals surface area contributed by atoms with Gasteiger partial charge in [0.05, 0.1) is 5.60 Å². The van der Waals surface area contributed by atoms with Crippen molar-refractivity contribution < 1.29 is 5.11 Å². The summed E-state index contributed by atoms with van der Waals surface area (Å²) < 4.78 is 0. The maximum absolute atomic E-state index is 10.8. The minimum atomic E-state index is -0.434. The van der Waals surface area contributed by atoms with Gasteiger partial charge < -0.3 is 10.4 Å². The molecular formula is C18H35NO. The highest BCUT2D eigenvalue weighted by Gasteiger charge is 2.36. The molecule has 2 aliphatic rings. The number of rotatable bonds is 3. The molecule has 2 aliphatic carbocycles. The topological polar surface area (TPSA) is 32.3 Å². The van der Waals surface area contributed by atoms with Crippen LogP contribution in [0.15, 0.2) is 0 Å². The zero-order valence-corrected chi connectivity index (χ0v) is 13.9. The van der Waals surface area contributed by atoms with Gasteiger partial charge in [-0.25, -0.2) is 0 Å². The molecule has 2 fully saturated rings. The Morgan fingerprint density at radius 1 is 0.950 bits per heavy atom. The molecule has 0 aromatic rings. The van der Waals surface area contributed by atoms with E-state index in [9.17, 15) is 5.11 Å². The van der Waals surface area contributed by atoms with Crippen LogP contribution in [0.25, 0.3) is 0 Å². The van der Waals surface area contributed by atoms with Crippen LogP contribution in [0.5, 0.6) is 0 Å². The van der Waals surface area contributed by atoms with Crippen LogP contribution in [0.2, 0.25) is 0 Å². The van der Waals surface area contributed by atoms with Crippen molar-refractivity contribution in [1.29, 1.82) is 0 Å². The van der Waals surface area contributed by atoms with E-state index < -0.39 is 5.60 Å². The van der Waals surface area contributed by atoms with E-state index in [-0.39, 0.29) is 0 Å². The van der Waals surface area contributed by atoms with E-state index in [2.05, 4.69) is 26.1 Å². The monoisotopic (exact) mass is 281 g/mol. The van der Waals surface area contributed by atoms with Crippen LogP contribution in [0.4, 0.5) is 0 Å². The molecule has 0 aromatic carbocycles. The smallest absolute Gasteiger partial charge is 0.0771 e. The van der Waals surface area contributed by atoms with Gasteiger partial charge in [-0.2, -0.15) is 0 Å². The molecule has 0 bridgehead atoms. The summed E-state index contributed by atoms with van der Waals surface area (Å²) in [7, 11) is 0. The number of aliphatic hydroxyl groups is 1. The summed E-state index contributed by atoms with van der Waals surface area (Å²) >= 11 is 0. The van der Waals surface area contributed by atoms with Crippen molar-refractivity contribution in [3.63, 3.8) is 0 Å². The van der Waals surface area contributed by atoms with Gasteiger partial charge in [-0.15, -0.1) is 0 Å². The lowest BCUT2D eigenvalue weighted by molar-refractivity contribution is 0.0142. The van der Waals surface area contributed by atoms with Crippen LogP contribution < -0.4 is 5.32 Å². The third kappa shape index (κ3) is 4.46. The Hall–Kier alpha value is -0.0800. The van der Waals surface area contributed by atoms with Crippen molar-refractivity contribution in [2.45, 2.75) is 96.6 Å². The Morgan fingerprint density at radius 3 is 2.15 bits per heavy atom. The molecule has 2 heteroatoms. The highest BCUT2D eigenvalue weighted by Crippen LogP contribution is 2.38. The minimum absolute atomic E-state index is 0.379. The lowest BCUT2D eigenvalue weighted by atomic mass is 9.69. The van der Waals surface area contributed by atoms with Gasteiger partial charge in [-0.05, 0) is 37.0 Å². The van der Waals surface area contributed by atoms with Crippen LogP contribution in [-0.2, 0) is 0 Å². The first-order chi connectivity index (χ1) is 9.41. The normalized spacial score (nSPS) is 31.8. The lowest BCUT2D eigenvalue weighted by Gasteiger charge is -2.42. The van der Waals surface area contributed by atoms with E-state index in [1.165, 1.54) is 51.4 Å². The second-order valence-corrected chi connectivity index (χ2v) is 8.38. The molecular weight excluding hydrogens is 246 g/mol. The minimum Gasteiger partial charge on any atom is -0.389 e. The average Bonchev–Trinajstić information content (AvgIpc) is 2.61. The molecule has 0 amide bonds. The van der Waals surface area contributed by atoms with E-state index in [0.29, 0.717) is 11.5 Å². The molecule has 2 saturated carbocycles.